The van der Waals surface area contributed by atoms with Crippen molar-refractivity contribution in [2.75, 3.05) is 7.11 Å². The summed E-state index contributed by atoms with van der Waals surface area (Å²) >= 11 is 10.8. The first-order chi connectivity index (χ1) is 10.5. The minimum Gasteiger partial charge on any atom is -0.469 e. The standard InChI is InChI=1S/C15H13BrClNO3S/c1-21-14(19)8-11(9-4-2-3-5-10(9)17)18-15(20)12-6-7-13(16)22-12/h2-7,11H,8H2,1H3,(H,18,20). The van der Waals surface area contributed by atoms with Gasteiger partial charge in [-0.3, -0.25) is 9.59 Å². The molecule has 0 saturated heterocycles. The Labute approximate surface area is 145 Å². The number of halogens is 2. The highest BCUT2D eigenvalue weighted by molar-refractivity contribution is 9.11. The van der Waals surface area contributed by atoms with E-state index in [2.05, 4.69) is 21.2 Å². The Bertz CT molecular complexity index is 689. The number of esters is 1. The predicted molar refractivity (Wildman–Crippen MR) is 90.3 cm³/mol. The summed E-state index contributed by atoms with van der Waals surface area (Å²) in [6, 6.07) is 10.1. The summed E-state index contributed by atoms with van der Waals surface area (Å²) in [6.45, 7) is 0. The quantitative estimate of drug-likeness (QED) is 0.763. The van der Waals surface area contributed by atoms with E-state index >= 15 is 0 Å². The number of benzene rings is 1. The number of rotatable bonds is 5. The zero-order chi connectivity index (χ0) is 16.1. The van der Waals surface area contributed by atoms with Crippen molar-refractivity contribution >= 4 is 50.7 Å². The number of amides is 1. The smallest absolute Gasteiger partial charge is 0.307 e. The third-order valence-corrected chi connectivity index (χ3v) is 4.95. The Morgan fingerprint density at radius 2 is 2.05 bits per heavy atom. The number of thiophene rings is 1. The summed E-state index contributed by atoms with van der Waals surface area (Å²) in [5.74, 6) is -0.679. The van der Waals surface area contributed by atoms with Gasteiger partial charge < -0.3 is 10.1 Å². The lowest BCUT2D eigenvalue weighted by Crippen LogP contribution is -2.30. The van der Waals surface area contributed by atoms with E-state index in [1.807, 2.05) is 0 Å². The maximum atomic E-state index is 12.3. The Morgan fingerprint density at radius 3 is 2.64 bits per heavy atom. The van der Waals surface area contributed by atoms with Crippen LogP contribution < -0.4 is 5.32 Å². The first kappa shape index (κ1) is 17.0. The van der Waals surface area contributed by atoms with Crippen LogP contribution in [0.3, 0.4) is 0 Å². The van der Waals surface area contributed by atoms with Crippen LogP contribution in [0.1, 0.15) is 27.7 Å². The largest absolute Gasteiger partial charge is 0.469 e. The molecule has 2 rings (SSSR count). The molecule has 116 valence electrons. The Kier molecular flexibility index (Phi) is 5.99. The second kappa shape index (κ2) is 7.76. The van der Waals surface area contributed by atoms with Crippen LogP contribution in [-0.2, 0) is 9.53 Å². The first-order valence-electron chi connectivity index (χ1n) is 6.38. The maximum absolute atomic E-state index is 12.3. The highest BCUT2D eigenvalue weighted by Gasteiger charge is 2.22. The molecule has 4 nitrogen and oxygen atoms in total. The summed E-state index contributed by atoms with van der Waals surface area (Å²) in [6.07, 6.45) is 0.0124. The molecule has 0 radical (unpaired) electrons. The van der Waals surface area contributed by atoms with Gasteiger partial charge in [0.05, 0.1) is 28.2 Å². The SMILES string of the molecule is COC(=O)CC(NC(=O)c1ccc(Br)s1)c1ccccc1Cl. The van der Waals surface area contributed by atoms with Gasteiger partial charge in [0.1, 0.15) is 0 Å². The minimum absolute atomic E-state index is 0.0124. The summed E-state index contributed by atoms with van der Waals surface area (Å²) in [4.78, 5) is 24.5. The highest BCUT2D eigenvalue weighted by atomic mass is 79.9. The molecule has 1 amide bonds. The second-order valence-corrected chi connectivity index (χ2v) is 7.30. The van der Waals surface area contributed by atoms with Crippen LogP contribution in [0.4, 0.5) is 0 Å². The third kappa shape index (κ3) is 4.32. The molecule has 1 aromatic carbocycles. The van der Waals surface area contributed by atoms with Gasteiger partial charge in [-0.2, -0.15) is 0 Å². The molecule has 7 heteroatoms. The zero-order valence-corrected chi connectivity index (χ0v) is 14.8. The molecule has 0 spiro atoms. The van der Waals surface area contributed by atoms with E-state index in [1.165, 1.54) is 18.4 Å². The number of nitrogens with one attached hydrogen (secondary N) is 1. The van der Waals surface area contributed by atoms with E-state index in [0.717, 1.165) is 3.79 Å². The summed E-state index contributed by atoms with van der Waals surface area (Å²) < 4.78 is 5.56. The molecular weight excluding hydrogens is 390 g/mol. The van der Waals surface area contributed by atoms with Crippen LogP contribution in [0.15, 0.2) is 40.2 Å². The van der Waals surface area contributed by atoms with Crippen LogP contribution in [0.25, 0.3) is 0 Å². The lowest BCUT2D eigenvalue weighted by molar-refractivity contribution is -0.141. The first-order valence-corrected chi connectivity index (χ1v) is 8.37. The molecule has 0 fully saturated rings. The van der Waals surface area contributed by atoms with E-state index in [1.54, 1.807) is 36.4 Å². The van der Waals surface area contributed by atoms with Gasteiger partial charge in [0, 0.05) is 5.02 Å². The highest BCUT2D eigenvalue weighted by Crippen LogP contribution is 2.27. The average Bonchev–Trinajstić information content (AvgIpc) is 2.93. The Morgan fingerprint density at radius 1 is 1.32 bits per heavy atom. The van der Waals surface area contributed by atoms with Crippen molar-refractivity contribution in [2.45, 2.75) is 12.5 Å². The van der Waals surface area contributed by atoms with Crippen LogP contribution in [-0.4, -0.2) is 19.0 Å². The molecule has 0 aliphatic heterocycles. The van der Waals surface area contributed by atoms with Crippen LogP contribution in [0.5, 0.6) is 0 Å². The van der Waals surface area contributed by atoms with E-state index in [9.17, 15) is 9.59 Å². The molecule has 22 heavy (non-hydrogen) atoms. The predicted octanol–water partition coefficient (Wildman–Crippen LogP) is 4.20. The molecule has 0 saturated carbocycles. The van der Waals surface area contributed by atoms with Gasteiger partial charge in [0.25, 0.3) is 5.91 Å². The topological polar surface area (TPSA) is 55.4 Å². The van der Waals surface area contributed by atoms with Gasteiger partial charge in [-0.15, -0.1) is 11.3 Å². The molecule has 0 aliphatic carbocycles. The fraction of sp³-hybridized carbons (Fsp3) is 0.200. The summed E-state index contributed by atoms with van der Waals surface area (Å²) in [5.41, 5.74) is 0.679. The molecule has 1 aromatic heterocycles. The van der Waals surface area contributed by atoms with E-state index < -0.39 is 12.0 Å². The number of hydrogen-bond acceptors (Lipinski definition) is 4. The molecule has 1 heterocycles. The summed E-state index contributed by atoms with van der Waals surface area (Å²) in [7, 11) is 1.31. The van der Waals surface area contributed by atoms with Crippen molar-refractivity contribution in [1.29, 1.82) is 0 Å². The van der Waals surface area contributed by atoms with Gasteiger partial charge in [-0.05, 0) is 39.7 Å². The Balaban J connectivity index is 2.23. The van der Waals surface area contributed by atoms with Gasteiger partial charge in [-0.25, -0.2) is 0 Å². The molecule has 0 aliphatic rings. The molecule has 1 unspecified atom stereocenters. The Hall–Kier alpha value is -1.37. The second-order valence-electron chi connectivity index (χ2n) is 4.43. The van der Waals surface area contributed by atoms with Crippen molar-refractivity contribution in [3.63, 3.8) is 0 Å². The molecular formula is C15H13BrClNO3S. The number of ether oxygens (including phenoxy) is 1. The summed E-state index contributed by atoms with van der Waals surface area (Å²) in [5, 5.41) is 3.32. The number of carbonyl (C=O) groups excluding carboxylic acids is 2. The van der Waals surface area contributed by atoms with Crippen LogP contribution in [0.2, 0.25) is 5.02 Å². The van der Waals surface area contributed by atoms with Gasteiger partial charge >= 0.3 is 5.97 Å². The number of hydrogen-bond donors (Lipinski definition) is 1. The fourth-order valence-corrected chi connectivity index (χ4v) is 3.47. The van der Waals surface area contributed by atoms with Crippen molar-refractivity contribution in [1.82, 2.24) is 5.32 Å². The minimum atomic E-state index is -0.547. The molecule has 0 bridgehead atoms. The van der Waals surface area contributed by atoms with E-state index in [-0.39, 0.29) is 12.3 Å². The normalized spacial score (nSPS) is 11.8. The van der Waals surface area contributed by atoms with Crippen LogP contribution in [0, 0.1) is 0 Å². The van der Waals surface area contributed by atoms with Crippen molar-refractivity contribution in [3.05, 3.63) is 55.6 Å². The fourth-order valence-electron chi connectivity index (χ4n) is 1.91. The van der Waals surface area contributed by atoms with E-state index in [0.29, 0.717) is 15.5 Å². The van der Waals surface area contributed by atoms with E-state index in [4.69, 9.17) is 16.3 Å². The monoisotopic (exact) mass is 401 g/mol. The number of methoxy groups -OCH3 is 1. The lowest BCUT2D eigenvalue weighted by atomic mass is 10.0. The zero-order valence-electron chi connectivity index (χ0n) is 11.6. The number of carbonyl (C=O) groups is 2. The maximum Gasteiger partial charge on any atom is 0.307 e. The van der Waals surface area contributed by atoms with Crippen LogP contribution >= 0.6 is 38.9 Å². The van der Waals surface area contributed by atoms with Crippen molar-refractivity contribution in [3.8, 4) is 0 Å². The third-order valence-electron chi connectivity index (χ3n) is 2.98. The molecule has 1 atom stereocenters. The molecule has 1 N–H and O–H groups in total. The van der Waals surface area contributed by atoms with Gasteiger partial charge in [-0.1, -0.05) is 29.8 Å². The van der Waals surface area contributed by atoms with Crippen molar-refractivity contribution in [2.24, 2.45) is 0 Å². The average molecular weight is 403 g/mol. The van der Waals surface area contributed by atoms with Crippen molar-refractivity contribution < 1.29 is 14.3 Å². The van der Waals surface area contributed by atoms with Gasteiger partial charge in [0.2, 0.25) is 0 Å². The molecule has 2 aromatic rings. The lowest BCUT2D eigenvalue weighted by Gasteiger charge is -2.19. The van der Waals surface area contributed by atoms with Gasteiger partial charge in [0.15, 0.2) is 0 Å².